The first-order valence-corrected chi connectivity index (χ1v) is 4.07. The van der Waals surface area contributed by atoms with E-state index in [0.717, 1.165) is 5.75 Å². The molecule has 60 valence electrons. The Hall–Kier alpha value is -0.630. The van der Waals surface area contributed by atoms with Crippen LogP contribution in [0.4, 0.5) is 0 Å². The quantitative estimate of drug-likeness (QED) is 0.668. The molecule has 1 nitrogen and oxygen atoms in total. The molecular weight excluding hydrogens is 156 g/mol. The minimum absolute atomic E-state index is 0.293. The maximum atomic E-state index is 5.02. The molecule has 0 N–H and O–H groups in total. The molecule has 2 heteroatoms. The Bertz CT molecular complexity index is 216. The maximum absolute atomic E-state index is 5.02. The molecule has 0 amide bonds. The SMILES string of the molecule is COc1ccc(C(C)S)cc1. The minimum Gasteiger partial charge on any atom is -0.497 e. The van der Waals surface area contributed by atoms with Gasteiger partial charge in [-0.25, -0.2) is 0 Å². The number of hydrogen-bond donors (Lipinski definition) is 1. The highest BCUT2D eigenvalue weighted by atomic mass is 32.1. The highest BCUT2D eigenvalue weighted by Gasteiger charge is 1.98. The Morgan fingerprint density at radius 1 is 1.27 bits per heavy atom. The van der Waals surface area contributed by atoms with Crippen molar-refractivity contribution in [1.82, 2.24) is 0 Å². The van der Waals surface area contributed by atoms with Crippen LogP contribution in [0.25, 0.3) is 0 Å². The van der Waals surface area contributed by atoms with Crippen molar-refractivity contribution in [3.8, 4) is 5.75 Å². The molecule has 0 radical (unpaired) electrons. The van der Waals surface area contributed by atoms with Crippen LogP contribution in [0.2, 0.25) is 0 Å². The van der Waals surface area contributed by atoms with Crippen molar-refractivity contribution in [1.29, 1.82) is 0 Å². The summed E-state index contributed by atoms with van der Waals surface area (Å²) in [4.78, 5) is 0. The molecule has 1 atom stereocenters. The molecule has 0 bridgehead atoms. The first-order valence-electron chi connectivity index (χ1n) is 3.56. The van der Waals surface area contributed by atoms with E-state index >= 15 is 0 Å². The van der Waals surface area contributed by atoms with Crippen LogP contribution in [-0.2, 0) is 0 Å². The lowest BCUT2D eigenvalue weighted by molar-refractivity contribution is 0.414. The highest BCUT2D eigenvalue weighted by Crippen LogP contribution is 2.20. The fourth-order valence-electron chi connectivity index (χ4n) is 0.882. The molecule has 0 aliphatic rings. The van der Waals surface area contributed by atoms with Gasteiger partial charge in [-0.3, -0.25) is 0 Å². The summed E-state index contributed by atoms with van der Waals surface area (Å²) in [6, 6.07) is 7.94. The van der Waals surface area contributed by atoms with Crippen molar-refractivity contribution in [2.75, 3.05) is 7.11 Å². The summed E-state index contributed by atoms with van der Waals surface area (Å²) < 4.78 is 5.02. The van der Waals surface area contributed by atoms with Gasteiger partial charge in [0.1, 0.15) is 5.75 Å². The van der Waals surface area contributed by atoms with E-state index < -0.39 is 0 Å². The van der Waals surface area contributed by atoms with E-state index in [0.29, 0.717) is 5.25 Å². The summed E-state index contributed by atoms with van der Waals surface area (Å²) in [6.07, 6.45) is 0. The second-order valence-corrected chi connectivity index (χ2v) is 3.22. The lowest BCUT2D eigenvalue weighted by atomic mass is 10.2. The molecule has 0 saturated carbocycles. The molecule has 0 fully saturated rings. The van der Waals surface area contributed by atoms with E-state index in [1.54, 1.807) is 7.11 Å². The van der Waals surface area contributed by atoms with Crippen molar-refractivity contribution in [2.24, 2.45) is 0 Å². The fraction of sp³-hybridized carbons (Fsp3) is 0.333. The minimum atomic E-state index is 0.293. The van der Waals surface area contributed by atoms with Crippen LogP contribution < -0.4 is 4.74 Å². The summed E-state index contributed by atoms with van der Waals surface area (Å²) in [5.41, 5.74) is 1.22. The zero-order valence-corrected chi connectivity index (χ0v) is 7.64. The Morgan fingerprint density at radius 2 is 1.82 bits per heavy atom. The smallest absolute Gasteiger partial charge is 0.118 e. The number of methoxy groups -OCH3 is 1. The van der Waals surface area contributed by atoms with Crippen molar-refractivity contribution < 1.29 is 4.74 Å². The molecule has 0 aromatic heterocycles. The van der Waals surface area contributed by atoms with Crippen LogP contribution in [0, 0.1) is 0 Å². The van der Waals surface area contributed by atoms with Crippen molar-refractivity contribution >= 4 is 12.6 Å². The zero-order valence-electron chi connectivity index (χ0n) is 6.74. The van der Waals surface area contributed by atoms with Gasteiger partial charge in [0.15, 0.2) is 0 Å². The monoisotopic (exact) mass is 168 g/mol. The average molecular weight is 168 g/mol. The van der Waals surface area contributed by atoms with Gasteiger partial charge in [0, 0.05) is 5.25 Å². The first kappa shape index (κ1) is 8.47. The number of hydrogen-bond acceptors (Lipinski definition) is 2. The lowest BCUT2D eigenvalue weighted by Gasteiger charge is -2.04. The van der Waals surface area contributed by atoms with Crippen LogP contribution in [0.5, 0.6) is 5.75 Å². The van der Waals surface area contributed by atoms with Crippen molar-refractivity contribution in [3.05, 3.63) is 29.8 Å². The fourth-order valence-corrected chi connectivity index (χ4v) is 1.05. The van der Waals surface area contributed by atoms with E-state index in [2.05, 4.69) is 12.6 Å². The molecule has 1 aromatic carbocycles. The van der Waals surface area contributed by atoms with Gasteiger partial charge in [0.05, 0.1) is 7.11 Å². The predicted octanol–water partition coefficient (Wildman–Crippen LogP) is 2.69. The number of thiol groups is 1. The summed E-state index contributed by atoms with van der Waals surface area (Å²) in [5.74, 6) is 0.891. The molecule has 0 aliphatic carbocycles. The Kier molecular flexibility index (Phi) is 2.83. The Labute approximate surface area is 72.8 Å². The van der Waals surface area contributed by atoms with E-state index in [-0.39, 0.29) is 0 Å². The maximum Gasteiger partial charge on any atom is 0.118 e. The van der Waals surface area contributed by atoms with Crippen LogP contribution in [-0.4, -0.2) is 7.11 Å². The highest BCUT2D eigenvalue weighted by molar-refractivity contribution is 7.80. The van der Waals surface area contributed by atoms with E-state index in [1.807, 2.05) is 31.2 Å². The molecule has 0 saturated heterocycles. The normalized spacial score (nSPS) is 12.6. The van der Waals surface area contributed by atoms with Crippen molar-refractivity contribution in [3.63, 3.8) is 0 Å². The van der Waals surface area contributed by atoms with Gasteiger partial charge in [-0.2, -0.15) is 12.6 Å². The molecule has 1 unspecified atom stereocenters. The predicted molar refractivity (Wildman–Crippen MR) is 50.4 cm³/mol. The Balaban J connectivity index is 2.83. The molecular formula is C9H12OS. The van der Waals surface area contributed by atoms with Gasteiger partial charge in [-0.1, -0.05) is 12.1 Å². The molecule has 1 rings (SSSR count). The van der Waals surface area contributed by atoms with Crippen LogP contribution in [0.15, 0.2) is 24.3 Å². The zero-order chi connectivity index (χ0) is 8.27. The van der Waals surface area contributed by atoms with E-state index in [1.165, 1.54) is 5.56 Å². The van der Waals surface area contributed by atoms with E-state index in [9.17, 15) is 0 Å². The van der Waals surface area contributed by atoms with Gasteiger partial charge in [-0.15, -0.1) is 0 Å². The Morgan fingerprint density at radius 3 is 2.18 bits per heavy atom. The molecule has 0 heterocycles. The van der Waals surface area contributed by atoms with Crippen LogP contribution >= 0.6 is 12.6 Å². The van der Waals surface area contributed by atoms with Gasteiger partial charge >= 0.3 is 0 Å². The van der Waals surface area contributed by atoms with Crippen LogP contribution in [0.1, 0.15) is 17.7 Å². The third-order valence-electron chi connectivity index (χ3n) is 1.60. The topological polar surface area (TPSA) is 9.23 Å². The van der Waals surface area contributed by atoms with Crippen LogP contribution in [0.3, 0.4) is 0 Å². The molecule has 11 heavy (non-hydrogen) atoms. The standard InChI is InChI=1S/C9H12OS/c1-7(11)8-3-5-9(10-2)6-4-8/h3-7,11H,1-2H3. The number of ether oxygens (including phenoxy) is 1. The lowest BCUT2D eigenvalue weighted by Crippen LogP contribution is -1.85. The second kappa shape index (κ2) is 3.67. The molecule has 0 aliphatic heterocycles. The third-order valence-corrected chi connectivity index (χ3v) is 1.90. The summed E-state index contributed by atoms with van der Waals surface area (Å²) in [6.45, 7) is 2.05. The van der Waals surface area contributed by atoms with Crippen molar-refractivity contribution in [2.45, 2.75) is 12.2 Å². The summed E-state index contributed by atoms with van der Waals surface area (Å²) >= 11 is 4.31. The average Bonchev–Trinajstić information content (AvgIpc) is 2.05. The van der Waals surface area contributed by atoms with E-state index in [4.69, 9.17) is 4.74 Å². The third kappa shape index (κ3) is 2.15. The number of benzene rings is 1. The largest absolute Gasteiger partial charge is 0.497 e. The van der Waals surface area contributed by atoms with Gasteiger partial charge in [-0.05, 0) is 24.6 Å². The summed E-state index contributed by atoms with van der Waals surface area (Å²) in [5, 5.41) is 0.293. The number of rotatable bonds is 2. The molecule has 1 aromatic rings. The summed E-state index contributed by atoms with van der Waals surface area (Å²) in [7, 11) is 1.67. The first-order chi connectivity index (χ1) is 5.24. The van der Waals surface area contributed by atoms with Gasteiger partial charge < -0.3 is 4.74 Å². The molecule has 0 spiro atoms. The second-order valence-electron chi connectivity index (χ2n) is 2.45. The van der Waals surface area contributed by atoms with Gasteiger partial charge in [0.25, 0.3) is 0 Å². The van der Waals surface area contributed by atoms with Gasteiger partial charge in [0.2, 0.25) is 0 Å².